The smallest absolute Gasteiger partial charge is 0.251 e. The second-order valence-electron chi connectivity index (χ2n) is 8.10. The number of benzene rings is 2. The molecule has 1 fully saturated rings. The Bertz CT molecular complexity index is 1080. The van der Waals surface area contributed by atoms with E-state index in [0.29, 0.717) is 18.7 Å². The lowest BCUT2D eigenvalue weighted by atomic mass is 9.88. The standard InChI is InChI=1S/C25H24F3N3O/c26-20-7-3-5-18(14-20)25(32)30-24(23-8-1-2-11-29-23)19-6-4-12-31(16-19)15-17-9-10-21(27)22(28)13-17/h1-3,5,7-11,13-14,19,24H,4,6,12,15-16H2,(H,30,32). The summed E-state index contributed by atoms with van der Waals surface area (Å²) in [6.07, 6.45) is 3.45. The Balaban J connectivity index is 1.52. The number of nitrogens with one attached hydrogen (secondary N) is 1. The summed E-state index contributed by atoms with van der Waals surface area (Å²) in [5, 5.41) is 3.04. The number of likely N-dealkylation sites (tertiary alicyclic amines) is 1. The minimum absolute atomic E-state index is 0.0569. The average Bonchev–Trinajstić information content (AvgIpc) is 2.80. The number of carbonyl (C=O) groups excluding carboxylic acids is 1. The Kier molecular flexibility index (Phi) is 6.85. The van der Waals surface area contributed by atoms with Gasteiger partial charge in [-0.3, -0.25) is 14.7 Å². The first-order valence-electron chi connectivity index (χ1n) is 10.6. The number of hydrogen-bond donors (Lipinski definition) is 1. The Morgan fingerprint density at radius 3 is 2.69 bits per heavy atom. The van der Waals surface area contributed by atoms with Crippen molar-refractivity contribution in [1.29, 1.82) is 0 Å². The van der Waals surface area contributed by atoms with Crippen molar-refractivity contribution in [3.63, 3.8) is 0 Å². The molecule has 1 aliphatic heterocycles. The maximum absolute atomic E-state index is 13.6. The Hall–Kier alpha value is -3.19. The van der Waals surface area contributed by atoms with Gasteiger partial charge in [0, 0.05) is 24.8 Å². The van der Waals surface area contributed by atoms with Gasteiger partial charge in [0.15, 0.2) is 11.6 Å². The maximum atomic E-state index is 13.6. The molecule has 4 rings (SSSR count). The summed E-state index contributed by atoms with van der Waals surface area (Å²) in [5.41, 5.74) is 1.68. The van der Waals surface area contributed by atoms with Crippen molar-refractivity contribution in [2.75, 3.05) is 13.1 Å². The number of aromatic nitrogens is 1. The van der Waals surface area contributed by atoms with E-state index in [-0.39, 0.29) is 23.4 Å². The zero-order chi connectivity index (χ0) is 22.5. The summed E-state index contributed by atoms with van der Waals surface area (Å²) in [6, 6.07) is 14.7. The van der Waals surface area contributed by atoms with E-state index in [9.17, 15) is 18.0 Å². The van der Waals surface area contributed by atoms with E-state index in [4.69, 9.17) is 0 Å². The number of halogens is 3. The molecular weight excluding hydrogens is 415 g/mol. The minimum atomic E-state index is -0.861. The highest BCUT2D eigenvalue weighted by Crippen LogP contribution is 2.30. The van der Waals surface area contributed by atoms with Crippen LogP contribution in [0.2, 0.25) is 0 Å². The predicted molar refractivity (Wildman–Crippen MR) is 115 cm³/mol. The molecule has 166 valence electrons. The van der Waals surface area contributed by atoms with Crippen molar-refractivity contribution in [2.45, 2.75) is 25.4 Å². The highest BCUT2D eigenvalue weighted by Gasteiger charge is 2.31. The monoisotopic (exact) mass is 439 g/mol. The Morgan fingerprint density at radius 1 is 1.06 bits per heavy atom. The van der Waals surface area contributed by atoms with Crippen LogP contribution in [0.4, 0.5) is 13.2 Å². The zero-order valence-electron chi connectivity index (χ0n) is 17.5. The van der Waals surface area contributed by atoms with Crippen LogP contribution in [0.5, 0.6) is 0 Å². The largest absolute Gasteiger partial charge is 0.343 e. The Morgan fingerprint density at radius 2 is 1.94 bits per heavy atom. The van der Waals surface area contributed by atoms with Gasteiger partial charge in [-0.1, -0.05) is 18.2 Å². The van der Waals surface area contributed by atoms with E-state index in [1.165, 1.54) is 24.3 Å². The summed E-state index contributed by atoms with van der Waals surface area (Å²) < 4.78 is 40.5. The van der Waals surface area contributed by atoms with Crippen molar-refractivity contribution in [2.24, 2.45) is 5.92 Å². The maximum Gasteiger partial charge on any atom is 0.251 e. The SMILES string of the molecule is O=C(NC(c1ccccn1)C1CCCN(Cc2ccc(F)c(F)c2)C1)c1cccc(F)c1. The van der Waals surface area contributed by atoms with Gasteiger partial charge in [0.2, 0.25) is 0 Å². The molecule has 0 spiro atoms. The van der Waals surface area contributed by atoms with E-state index in [1.54, 1.807) is 18.3 Å². The second kappa shape index (κ2) is 9.96. The van der Waals surface area contributed by atoms with Gasteiger partial charge >= 0.3 is 0 Å². The number of pyridine rings is 1. The minimum Gasteiger partial charge on any atom is -0.343 e. The summed E-state index contributed by atoms with van der Waals surface area (Å²) in [6.45, 7) is 1.96. The fourth-order valence-corrected chi connectivity index (χ4v) is 4.25. The third-order valence-corrected chi connectivity index (χ3v) is 5.78. The van der Waals surface area contributed by atoms with Crippen LogP contribution >= 0.6 is 0 Å². The molecule has 2 aromatic carbocycles. The first-order chi connectivity index (χ1) is 15.5. The van der Waals surface area contributed by atoms with Gasteiger partial charge in [0.25, 0.3) is 5.91 Å². The van der Waals surface area contributed by atoms with Crippen LogP contribution < -0.4 is 5.32 Å². The molecule has 4 nitrogen and oxygen atoms in total. The molecule has 2 unspecified atom stereocenters. The average molecular weight is 439 g/mol. The van der Waals surface area contributed by atoms with Crippen LogP contribution in [0, 0.1) is 23.4 Å². The number of hydrogen-bond acceptors (Lipinski definition) is 3. The lowest BCUT2D eigenvalue weighted by Gasteiger charge is -2.37. The van der Waals surface area contributed by atoms with Crippen LogP contribution in [-0.2, 0) is 6.54 Å². The van der Waals surface area contributed by atoms with Gasteiger partial charge in [-0.15, -0.1) is 0 Å². The molecule has 1 amide bonds. The molecule has 0 radical (unpaired) electrons. The van der Waals surface area contributed by atoms with Crippen molar-refractivity contribution in [1.82, 2.24) is 15.2 Å². The fourth-order valence-electron chi connectivity index (χ4n) is 4.25. The third-order valence-electron chi connectivity index (χ3n) is 5.78. The van der Waals surface area contributed by atoms with Gasteiger partial charge in [-0.25, -0.2) is 13.2 Å². The molecule has 1 N–H and O–H groups in total. The molecule has 7 heteroatoms. The van der Waals surface area contributed by atoms with E-state index >= 15 is 0 Å². The lowest BCUT2D eigenvalue weighted by Crippen LogP contribution is -2.43. The van der Waals surface area contributed by atoms with Gasteiger partial charge < -0.3 is 5.32 Å². The first-order valence-corrected chi connectivity index (χ1v) is 10.6. The quantitative estimate of drug-likeness (QED) is 0.595. The summed E-state index contributed by atoms with van der Waals surface area (Å²) in [5.74, 6) is -2.49. The van der Waals surface area contributed by atoms with E-state index in [0.717, 1.165) is 31.1 Å². The number of amides is 1. The summed E-state index contributed by atoms with van der Waals surface area (Å²) in [7, 11) is 0. The summed E-state index contributed by atoms with van der Waals surface area (Å²) >= 11 is 0. The van der Waals surface area contributed by atoms with E-state index in [2.05, 4.69) is 15.2 Å². The van der Waals surface area contributed by atoms with Crippen LogP contribution in [0.1, 0.15) is 40.5 Å². The number of rotatable bonds is 6. The normalized spacial score (nSPS) is 17.7. The number of nitrogens with zero attached hydrogens (tertiary/aromatic N) is 2. The van der Waals surface area contributed by atoms with Crippen LogP contribution in [-0.4, -0.2) is 28.9 Å². The van der Waals surface area contributed by atoms with Gasteiger partial charge in [0.05, 0.1) is 11.7 Å². The van der Waals surface area contributed by atoms with Crippen molar-refractivity contribution >= 4 is 5.91 Å². The van der Waals surface area contributed by atoms with Gasteiger partial charge in [-0.05, 0) is 73.3 Å². The van der Waals surface area contributed by atoms with E-state index < -0.39 is 17.5 Å². The van der Waals surface area contributed by atoms with Crippen molar-refractivity contribution < 1.29 is 18.0 Å². The Labute approximate surface area is 185 Å². The molecular formula is C25H24F3N3O. The van der Waals surface area contributed by atoms with Gasteiger partial charge in [0.1, 0.15) is 5.82 Å². The molecule has 1 saturated heterocycles. The second-order valence-corrected chi connectivity index (χ2v) is 8.10. The molecule has 0 saturated carbocycles. The molecule has 1 aromatic heterocycles. The highest BCUT2D eigenvalue weighted by molar-refractivity contribution is 5.94. The molecule has 0 bridgehead atoms. The number of carbonyl (C=O) groups is 1. The molecule has 3 aromatic rings. The van der Waals surface area contributed by atoms with Crippen LogP contribution in [0.25, 0.3) is 0 Å². The van der Waals surface area contributed by atoms with Crippen molar-refractivity contribution in [3.8, 4) is 0 Å². The summed E-state index contributed by atoms with van der Waals surface area (Å²) in [4.78, 5) is 19.5. The zero-order valence-corrected chi connectivity index (χ0v) is 17.5. The predicted octanol–water partition coefficient (Wildman–Crippen LogP) is 4.88. The topological polar surface area (TPSA) is 45.2 Å². The highest BCUT2D eigenvalue weighted by atomic mass is 19.2. The van der Waals surface area contributed by atoms with Crippen LogP contribution in [0.3, 0.4) is 0 Å². The molecule has 32 heavy (non-hydrogen) atoms. The fraction of sp³-hybridized carbons (Fsp3) is 0.280. The van der Waals surface area contributed by atoms with Crippen LogP contribution in [0.15, 0.2) is 66.9 Å². The van der Waals surface area contributed by atoms with Crippen molar-refractivity contribution in [3.05, 3.63) is 101 Å². The third kappa shape index (κ3) is 5.34. The lowest BCUT2D eigenvalue weighted by molar-refractivity contribution is 0.0874. The molecule has 0 aliphatic carbocycles. The molecule has 1 aliphatic rings. The van der Waals surface area contributed by atoms with E-state index in [1.807, 2.05) is 18.2 Å². The number of piperidine rings is 1. The van der Waals surface area contributed by atoms with Gasteiger partial charge in [-0.2, -0.15) is 0 Å². The molecule has 2 heterocycles. The first kappa shape index (κ1) is 22.0. The molecule has 2 atom stereocenters.